The standard InChI is InChI=1S/C46H51N6O7PS/c1-3-22-58-45(56)30(2)50-60(57,59-36-13-5-4-6-14-36)29-31-15-18-40-34(23-31)24-41(61-40)42(53)49-27-33-10-7-8-12-35-16-17-39(52(35)43(33)54)44(55)51-28-37(32-11-9-21-48-26-32)38(25-47)46(51)19-20-46/h4-6,9,11,13-15,18,21,23-24,26-27,30,33,35,37-39H,3,7-8,10,12,16-17,19-20,22,28-29H2,1-2H3,(H,50,57)/t30-,33?,35-,37-,38-,39-,60?/m0/s1. The topological polar surface area (TPSA) is 171 Å². The predicted molar refractivity (Wildman–Crippen MR) is 232 cm³/mol. The van der Waals surface area contributed by atoms with Crippen LogP contribution in [0.3, 0.4) is 0 Å². The first kappa shape index (κ1) is 42.5. The summed E-state index contributed by atoms with van der Waals surface area (Å²) in [5, 5.41) is 14.0. The van der Waals surface area contributed by atoms with E-state index >= 15 is 0 Å². The van der Waals surface area contributed by atoms with Gasteiger partial charge in [-0.1, -0.05) is 50.1 Å². The van der Waals surface area contributed by atoms with Gasteiger partial charge in [-0.15, -0.1) is 11.3 Å². The second-order valence-electron chi connectivity index (χ2n) is 16.8. The van der Waals surface area contributed by atoms with Crippen LogP contribution in [0.15, 0.2) is 84.1 Å². The molecule has 3 aliphatic heterocycles. The van der Waals surface area contributed by atoms with Crippen molar-refractivity contribution in [1.82, 2.24) is 19.9 Å². The molecule has 2 aromatic heterocycles. The van der Waals surface area contributed by atoms with E-state index in [2.05, 4.69) is 21.1 Å². The van der Waals surface area contributed by atoms with Gasteiger partial charge in [0.25, 0.3) is 5.91 Å². The maximum atomic E-state index is 14.6. The smallest absolute Gasteiger partial charge is 0.323 e. The first-order valence-electron chi connectivity index (χ1n) is 21.3. The van der Waals surface area contributed by atoms with E-state index in [0.717, 1.165) is 54.2 Å². The Bertz CT molecular complexity index is 2400. The molecule has 61 heavy (non-hydrogen) atoms. The molecule has 4 aromatic rings. The van der Waals surface area contributed by atoms with Crippen LogP contribution < -0.4 is 9.61 Å². The minimum absolute atomic E-state index is 0.0337. The highest BCUT2D eigenvalue weighted by atomic mass is 32.1. The number of carbonyl (C=O) groups excluding carboxylic acids is 4. The Balaban J connectivity index is 0.970. The van der Waals surface area contributed by atoms with Crippen molar-refractivity contribution in [1.29, 1.82) is 5.26 Å². The van der Waals surface area contributed by atoms with Gasteiger partial charge in [0.1, 0.15) is 17.8 Å². The van der Waals surface area contributed by atoms with Crippen molar-refractivity contribution in [3.05, 3.63) is 95.1 Å². The molecule has 3 amide bonds. The molecule has 0 radical (unpaired) electrons. The van der Waals surface area contributed by atoms with Gasteiger partial charge < -0.3 is 19.1 Å². The SMILES string of the molecule is CCCOC(=O)[C@H](C)NP(=O)(Cc1ccc2sc(C(=O)N=CC3CCCC[C@H]4CC[C@@H](C(=O)N5C[C@@H](c6cccnc6)[C@H](C#N)C56CC6)N4C3=O)cc2c1)Oc1ccccc1. The lowest BCUT2D eigenvalue weighted by atomic mass is 9.85. The van der Waals surface area contributed by atoms with E-state index in [4.69, 9.17) is 9.26 Å². The molecule has 0 bridgehead atoms. The van der Waals surface area contributed by atoms with Gasteiger partial charge >= 0.3 is 13.5 Å². The number of pyridine rings is 1. The second-order valence-corrected chi connectivity index (χ2v) is 19.9. The third-order valence-electron chi connectivity index (χ3n) is 12.6. The van der Waals surface area contributed by atoms with Crippen molar-refractivity contribution < 1.29 is 33.0 Å². The third-order valence-corrected chi connectivity index (χ3v) is 15.8. The maximum Gasteiger partial charge on any atom is 0.323 e. The summed E-state index contributed by atoms with van der Waals surface area (Å²) >= 11 is 1.28. The monoisotopic (exact) mass is 862 g/mol. The summed E-state index contributed by atoms with van der Waals surface area (Å²) in [6, 6.07) is 20.8. The fourth-order valence-electron chi connectivity index (χ4n) is 9.46. The molecule has 1 aliphatic carbocycles. The van der Waals surface area contributed by atoms with Crippen LogP contribution in [0, 0.1) is 23.2 Å². The van der Waals surface area contributed by atoms with E-state index in [0.29, 0.717) is 42.0 Å². The number of aromatic nitrogens is 1. The summed E-state index contributed by atoms with van der Waals surface area (Å²) in [6.07, 6.45) is 11.5. The number of ether oxygens (including phenoxy) is 1. The van der Waals surface area contributed by atoms with Crippen molar-refractivity contribution >= 4 is 58.8 Å². The molecule has 3 saturated heterocycles. The van der Waals surface area contributed by atoms with Crippen molar-refractivity contribution in [3.63, 3.8) is 0 Å². The Morgan fingerprint density at radius 1 is 1.08 bits per heavy atom. The molecule has 1 N–H and O–H groups in total. The van der Waals surface area contributed by atoms with Crippen LogP contribution in [0.1, 0.15) is 98.4 Å². The zero-order chi connectivity index (χ0) is 42.7. The van der Waals surface area contributed by atoms with Gasteiger partial charge in [0.05, 0.1) is 41.1 Å². The van der Waals surface area contributed by atoms with E-state index < -0.39 is 42.9 Å². The number of fused-ring (bicyclic) bond motifs is 2. The Labute approximate surface area is 360 Å². The summed E-state index contributed by atoms with van der Waals surface area (Å²) in [4.78, 5) is 67.9. The highest BCUT2D eigenvalue weighted by Crippen LogP contribution is 2.58. The van der Waals surface area contributed by atoms with Gasteiger partial charge in [-0.05, 0) is 105 Å². The zero-order valence-electron chi connectivity index (χ0n) is 34.5. The Morgan fingerprint density at radius 3 is 2.62 bits per heavy atom. The summed E-state index contributed by atoms with van der Waals surface area (Å²) < 4.78 is 26.5. The van der Waals surface area contributed by atoms with Gasteiger partial charge in [-0.25, -0.2) is 10.1 Å². The van der Waals surface area contributed by atoms with Gasteiger partial charge in [-0.2, -0.15) is 5.26 Å². The molecule has 8 rings (SSSR count). The number of hydrogen-bond donors (Lipinski definition) is 1. The number of thiophene rings is 1. The predicted octanol–water partition coefficient (Wildman–Crippen LogP) is 8.06. The van der Waals surface area contributed by atoms with Crippen LogP contribution in [0.25, 0.3) is 10.1 Å². The molecule has 2 unspecified atom stereocenters. The molecule has 2 aromatic carbocycles. The number of nitriles is 1. The first-order chi connectivity index (χ1) is 29.5. The number of benzene rings is 2. The van der Waals surface area contributed by atoms with Crippen LogP contribution in [0.2, 0.25) is 0 Å². The van der Waals surface area contributed by atoms with E-state index in [1.54, 1.807) is 54.5 Å². The Kier molecular flexibility index (Phi) is 12.5. The molecule has 318 valence electrons. The van der Waals surface area contributed by atoms with Gasteiger partial charge in [0.15, 0.2) is 0 Å². The summed E-state index contributed by atoms with van der Waals surface area (Å²) in [6.45, 7) is 4.17. The molecule has 4 aliphatic rings. The number of nitrogens with zero attached hydrogens (tertiary/aromatic N) is 5. The molecule has 7 atom stereocenters. The van der Waals surface area contributed by atoms with Crippen molar-refractivity contribution in [3.8, 4) is 11.8 Å². The Hall–Kier alpha value is -5.22. The van der Waals surface area contributed by atoms with E-state index in [-0.39, 0.29) is 42.5 Å². The van der Waals surface area contributed by atoms with Crippen LogP contribution in [0.5, 0.6) is 5.75 Å². The molecular formula is C46H51N6O7PS. The Morgan fingerprint density at radius 2 is 1.89 bits per heavy atom. The number of para-hydroxylation sites is 1. The minimum Gasteiger partial charge on any atom is -0.465 e. The number of amides is 3. The quantitative estimate of drug-likeness (QED) is 0.0788. The maximum absolute atomic E-state index is 14.6. The van der Waals surface area contributed by atoms with Gasteiger partial charge in [0, 0.05) is 41.8 Å². The van der Waals surface area contributed by atoms with Gasteiger partial charge in [0.2, 0.25) is 11.8 Å². The lowest BCUT2D eigenvalue weighted by Gasteiger charge is -2.37. The highest BCUT2D eigenvalue weighted by Gasteiger charge is 2.64. The fourth-order valence-corrected chi connectivity index (χ4v) is 12.4. The number of rotatable bonds is 13. The molecular weight excluding hydrogens is 812 g/mol. The minimum atomic E-state index is -3.70. The number of carbonyl (C=O) groups is 4. The van der Waals surface area contributed by atoms with Crippen molar-refractivity contribution in [2.24, 2.45) is 16.8 Å². The summed E-state index contributed by atoms with van der Waals surface area (Å²) in [5.74, 6) is -2.00. The zero-order valence-corrected chi connectivity index (χ0v) is 36.2. The second kappa shape index (κ2) is 18.0. The molecule has 5 heterocycles. The normalized spacial score (nSPS) is 24.7. The molecule has 1 spiro atoms. The lowest BCUT2D eigenvalue weighted by molar-refractivity contribution is -0.148. The van der Waals surface area contributed by atoms with E-state index in [9.17, 15) is 29.0 Å². The van der Waals surface area contributed by atoms with Crippen LogP contribution in [-0.4, -0.2) is 81.5 Å². The highest BCUT2D eigenvalue weighted by molar-refractivity contribution is 7.56. The summed E-state index contributed by atoms with van der Waals surface area (Å²) in [7, 11) is -3.70. The molecule has 4 fully saturated rings. The molecule has 1 saturated carbocycles. The average Bonchev–Trinajstić information content (AvgIpc) is 3.59. The first-order valence-corrected chi connectivity index (χ1v) is 24.0. The number of hydrogen-bond acceptors (Lipinski definition) is 10. The largest absolute Gasteiger partial charge is 0.465 e. The molecule has 15 heteroatoms. The number of likely N-dealkylation sites (tertiary alicyclic amines) is 1. The average molecular weight is 863 g/mol. The lowest BCUT2D eigenvalue weighted by Crippen LogP contribution is -2.54. The van der Waals surface area contributed by atoms with Crippen LogP contribution in [0.4, 0.5) is 0 Å². The third kappa shape index (κ3) is 8.92. The fraction of sp³-hybridized carbons (Fsp3) is 0.457. The summed E-state index contributed by atoms with van der Waals surface area (Å²) in [5.41, 5.74) is 1.12. The van der Waals surface area contributed by atoms with Crippen LogP contribution >= 0.6 is 18.9 Å². The molecule has 13 nitrogen and oxygen atoms in total. The van der Waals surface area contributed by atoms with Crippen LogP contribution in [-0.2, 0) is 29.8 Å². The van der Waals surface area contributed by atoms with Crippen molar-refractivity contribution in [2.75, 3.05) is 13.2 Å². The van der Waals surface area contributed by atoms with Gasteiger partial charge in [-0.3, -0.25) is 28.7 Å². The number of aliphatic imine (C=N–C) groups is 1. The number of nitrogens with one attached hydrogen (secondary N) is 1. The van der Waals surface area contributed by atoms with Crippen molar-refractivity contribution in [2.45, 2.75) is 107 Å². The number of esters is 1. The van der Waals surface area contributed by atoms with E-state index in [1.807, 2.05) is 48.2 Å². The van der Waals surface area contributed by atoms with E-state index in [1.165, 1.54) is 17.6 Å².